The number of imidazole rings is 1. The van der Waals surface area contributed by atoms with Crippen LogP contribution in [0.4, 0.5) is 0 Å². The number of fused-ring (bicyclic) bond motifs is 1. The van der Waals surface area contributed by atoms with Crippen molar-refractivity contribution in [2.24, 2.45) is 4.99 Å². The SMILES string of the molecule is O=C(c1ccc(-c2cc(=NC3CC3)n3nc/c(=C\c4[nH]c(=O)[nH]c4O)c3n2)s1)N1CCC[C@H]1CO. The van der Waals surface area contributed by atoms with E-state index in [9.17, 15) is 19.8 Å². The topological polar surface area (TPSA) is 152 Å². The molecule has 0 unspecified atom stereocenters. The van der Waals surface area contributed by atoms with Crippen molar-refractivity contribution in [3.05, 3.63) is 56.2 Å². The van der Waals surface area contributed by atoms with Gasteiger partial charge in [-0.25, -0.2) is 9.78 Å². The Kier molecular flexibility index (Phi) is 5.26. The van der Waals surface area contributed by atoms with Gasteiger partial charge in [0.1, 0.15) is 5.69 Å². The minimum absolute atomic E-state index is 0.0311. The molecule has 1 atom stereocenters. The number of thiophene rings is 1. The minimum atomic E-state index is -0.513. The molecule has 5 heterocycles. The molecule has 180 valence electrons. The molecule has 4 aromatic rings. The molecule has 35 heavy (non-hydrogen) atoms. The first kappa shape index (κ1) is 21.7. The second kappa shape index (κ2) is 8.47. The highest BCUT2D eigenvalue weighted by Gasteiger charge is 2.29. The standard InChI is InChI=1S/C23H23N7O4S/c31-11-14-2-1-7-29(14)22(33)18-6-5-17(35-18)15-9-19(25-13-3-4-13)30-20(26-15)12(10-24-30)8-16-21(32)28-23(34)27-16/h5-6,8-10,13-14,31-32H,1-4,7,11H2,(H2,27,28,34)/b12-8+,25-19?/t14-/m0/s1. The van der Waals surface area contributed by atoms with Crippen molar-refractivity contribution in [2.75, 3.05) is 13.2 Å². The lowest BCUT2D eigenvalue weighted by molar-refractivity contribution is 0.0682. The van der Waals surface area contributed by atoms with Crippen molar-refractivity contribution in [2.45, 2.75) is 37.8 Å². The molecule has 4 N–H and O–H groups in total. The van der Waals surface area contributed by atoms with Crippen molar-refractivity contribution in [1.29, 1.82) is 0 Å². The van der Waals surface area contributed by atoms with Gasteiger partial charge < -0.3 is 20.1 Å². The maximum Gasteiger partial charge on any atom is 0.326 e. The number of aliphatic hydroxyl groups is 1. The zero-order valence-electron chi connectivity index (χ0n) is 18.6. The molecule has 4 aromatic heterocycles. The molecular formula is C23H23N7O4S. The zero-order valence-corrected chi connectivity index (χ0v) is 19.5. The molecule has 1 aliphatic carbocycles. The van der Waals surface area contributed by atoms with E-state index in [2.05, 4.69) is 15.1 Å². The number of likely N-dealkylation sites (tertiary alicyclic amines) is 1. The van der Waals surface area contributed by atoms with E-state index >= 15 is 0 Å². The summed E-state index contributed by atoms with van der Waals surface area (Å²) in [5.41, 5.74) is 1.54. The fourth-order valence-electron chi connectivity index (χ4n) is 4.35. The molecule has 11 nitrogen and oxygen atoms in total. The number of rotatable bonds is 5. The third-order valence-electron chi connectivity index (χ3n) is 6.30. The van der Waals surface area contributed by atoms with Crippen LogP contribution in [-0.2, 0) is 0 Å². The Balaban J connectivity index is 1.45. The third-order valence-corrected chi connectivity index (χ3v) is 7.39. The van der Waals surface area contributed by atoms with E-state index < -0.39 is 5.69 Å². The summed E-state index contributed by atoms with van der Waals surface area (Å²) in [6.45, 7) is 0.617. The predicted octanol–water partition coefficient (Wildman–Crippen LogP) is 0.387. The van der Waals surface area contributed by atoms with Gasteiger partial charge in [0.25, 0.3) is 5.91 Å². The van der Waals surface area contributed by atoms with Gasteiger partial charge in [-0.3, -0.25) is 14.8 Å². The van der Waals surface area contributed by atoms with E-state index in [1.165, 1.54) is 11.3 Å². The van der Waals surface area contributed by atoms with Gasteiger partial charge in [0.05, 0.1) is 40.3 Å². The molecule has 1 aliphatic heterocycles. The van der Waals surface area contributed by atoms with E-state index in [1.54, 1.807) is 27.8 Å². The third kappa shape index (κ3) is 4.04. The summed E-state index contributed by atoms with van der Waals surface area (Å²) in [4.78, 5) is 42.2. The maximum atomic E-state index is 13.1. The number of nitrogens with zero attached hydrogens (tertiary/aromatic N) is 5. The van der Waals surface area contributed by atoms with Crippen molar-refractivity contribution in [3.8, 4) is 16.5 Å². The Labute approximate surface area is 202 Å². The fourth-order valence-corrected chi connectivity index (χ4v) is 5.27. The van der Waals surface area contributed by atoms with Crippen LogP contribution in [0.5, 0.6) is 5.88 Å². The lowest BCUT2D eigenvalue weighted by atomic mass is 10.2. The molecule has 1 amide bonds. The monoisotopic (exact) mass is 493 g/mol. The van der Waals surface area contributed by atoms with Crippen molar-refractivity contribution in [3.63, 3.8) is 0 Å². The quantitative estimate of drug-likeness (QED) is 0.316. The largest absolute Gasteiger partial charge is 0.493 e. The van der Waals surface area contributed by atoms with E-state index in [0.717, 1.165) is 30.6 Å². The van der Waals surface area contributed by atoms with Crippen molar-refractivity contribution >= 4 is 29.0 Å². The Bertz CT molecular complexity index is 1610. The second-order valence-electron chi connectivity index (χ2n) is 8.82. The molecule has 0 spiro atoms. The average molecular weight is 494 g/mol. The van der Waals surface area contributed by atoms with Crippen LogP contribution in [0.15, 0.2) is 34.2 Å². The van der Waals surface area contributed by atoms with E-state index in [-0.39, 0.29) is 36.2 Å². The van der Waals surface area contributed by atoms with Crippen LogP contribution < -0.4 is 16.4 Å². The number of aliphatic hydroxyl groups excluding tert-OH is 1. The average Bonchev–Trinajstić information content (AvgIpc) is 3.24. The molecule has 6 rings (SSSR count). The highest BCUT2D eigenvalue weighted by Crippen LogP contribution is 2.29. The Morgan fingerprint density at radius 2 is 2.14 bits per heavy atom. The van der Waals surface area contributed by atoms with Crippen LogP contribution in [0.1, 0.15) is 41.0 Å². The molecule has 1 saturated carbocycles. The van der Waals surface area contributed by atoms with Crippen molar-refractivity contribution < 1.29 is 15.0 Å². The highest BCUT2D eigenvalue weighted by atomic mass is 32.1. The summed E-state index contributed by atoms with van der Waals surface area (Å²) in [6, 6.07) is 5.65. The summed E-state index contributed by atoms with van der Waals surface area (Å²) in [5.74, 6) is -0.343. The Hall–Kier alpha value is -3.77. The number of carbonyl (C=O) groups is 1. The lowest BCUT2D eigenvalue weighted by Gasteiger charge is -2.22. The smallest absolute Gasteiger partial charge is 0.326 e. The first-order valence-electron chi connectivity index (χ1n) is 11.5. The lowest BCUT2D eigenvalue weighted by Crippen LogP contribution is -2.37. The predicted molar refractivity (Wildman–Crippen MR) is 128 cm³/mol. The number of carbonyl (C=O) groups excluding carboxylic acids is 1. The van der Waals surface area contributed by atoms with Crippen LogP contribution in [0.25, 0.3) is 22.3 Å². The Morgan fingerprint density at radius 3 is 2.89 bits per heavy atom. The number of hydrogen-bond donors (Lipinski definition) is 4. The normalized spacial score (nSPS) is 19.3. The van der Waals surface area contributed by atoms with Crippen LogP contribution in [-0.4, -0.2) is 70.8 Å². The molecule has 2 aliphatic rings. The highest BCUT2D eigenvalue weighted by molar-refractivity contribution is 7.17. The summed E-state index contributed by atoms with van der Waals surface area (Å²) in [7, 11) is 0. The van der Waals surface area contributed by atoms with Gasteiger partial charge in [0.2, 0.25) is 5.88 Å². The first-order valence-corrected chi connectivity index (χ1v) is 12.3. The zero-order chi connectivity index (χ0) is 24.1. The van der Waals surface area contributed by atoms with E-state index in [4.69, 9.17) is 9.98 Å². The summed E-state index contributed by atoms with van der Waals surface area (Å²) in [5, 5.41) is 24.6. The van der Waals surface area contributed by atoms with E-state index in [0.29, 0.717) is 33.5 Å². The molecular weight excluding hydrogens is 470 g/mol. The van der Waals surface area contributed by atoms with Gasteiger partial charge in [0, 0.05) is 17.8 Å². The van der Waals surface area contributed by atoms with Gasteiger partial charge >= 0.3 is 5.69 Å². The van der Waals surface area contributed by atoms with Gasteiger partial charge in [0.15, 0.2) is 11.1 Å². The van der Waals surface area contributed by atoms with Gasteiger partial charge in [-0.1, -0.05) is 0 Å². The molecule has 0 radical (unpaired) electrons. The molecule has 0 aromatic carbocycles. The van der Waals surface area contributed by atoms with E-state index in [1.807, 2.05) is 12.1 Å². The second-order valence-corrected chi connectivity index (χ2v) is 9.91. The number of aromatic amines is 2. The van der Waals surface area contributed by atoms with Crippen LogP contribution in [0, 0.1) is 0 Å². The number of hydrogen-bond acceptors (Lipinski definition) is 8. The van der Waals surface area contributed by atoms with Crippen LogP contribution in [0.2, 0.25) is 0 Å². The van der Waals surface area contributed by atoms with Crippen molar-refractivity contribution in [1.82, 2.24) is 29.5 Å². The molecule has 2 fully saturated rings. The summed E-state index contributed by atoms with van der Waals surface area (Å²) in [6.07, 6.45) is 6.96. The maximum absolute atomic E-state index is 13.1. The molecule has 0 bridgehead atoms. The Morgan fingerprint density at radius 1 is 1.29 bits per heavy atom. The summed E-state index contributed by atoms with van der Waals surface area (Å²) >= 11 is 1.35. The van der Waals surface area contributed by atoms with Gasteiger partial charge in [-0.05, 0) is 43.9 Å². The van der Waals surface area contributed by atoms with Crippen LogP contribution in [0.3, 0.4) is 0 Å². The number of aromatic hydroxyl groups is 1. The number of aromatic nitrogens is 5. The minimum Gasteiger partial charge on any atom is -0.493 e. The van der Waals surface area contributed by atoms with Gasteiger partial charge in [-0.15, -0.1) is 11.3 Å². The fraction of sp³-hybridized carbons (Fsp3) is 0.348. The number of amides is 1. The molecule has 12 heteroatoms. The summed E-state index contributed by atoms with van der Waals surface area (Å²) < 4.78 is 1.64. The van der Waals surface area contributed by atoms with Crippen LogP contribution >= 0.6 is 11.3 Å². The number of H-pyrrole nitrogens is 2. The molecule has 1 saturated heterocycles. The number of nitrogens with one attached hydrogen (secondary N) is 2. The first-order chi connectivity index (χ1) is 17.0. The van der Waals surface area contributed by atoms with Gasteiger partial charge in [-0.2, -0.15) is 9.61 Å².